The molecule has 0 radical (unpaired) electrons. The van der Waals surface area contributed by atoms with Crippen molar-refractivity contribution in [1.29, 1.82) is 0 Å². The Labute approximate surface area is 214 Å². The molecule has 2 aromatic rings. The number of likely N-dealkylation sites (tertiary alicyclic amines) is 1. The highest BCUT2D eigenvalue weighted by Gasteiger charge is 2.54. The Morgan fingerprint density at radius 3 is 2.14 bits per heavy atom. The van der Waals surface area contributed by atoms with Crippen LogP contribution in [0.3, 0.4) is 0 Å². The highest BCUT2D eigenvalue weighted by molar-refractivity contribution is 5.96. The smallest absolute Gasteiger partial charge is 0.250 e. The van der Waals surface area contributed by atoms with Gasteiger partial charge in [0.1, 0.15) is 12.1 Å². The van der Waals surface area contributed by atoms with Gasteiger partial charge >= 0.3 is 0 Å². The van der Waals surface area contributed by atoms with E-state index in [9.17, 15) is 14.4 Å². The molecule has 7 heteroatoms. The molecular weight excluding hydrogens is 452 g/mol. The molecule has 36 heavy (non-hydrogen) atoms. The first-order valence-electron chi connectivity index (χ1n) is 12.8. The highest BCUT2D eigenvalue weighted by atomic mass is 16.2. The Bertz CT molecular complexity index is 1070. The fourth-order valence-electron chi connectivity index (χ4n) is 5.30. The lowest BCUT2D eigenvalue weighted by atomic mass is 9.84. The van der Waals surface area contributed by atoms with Gasteiger partial charge in [-0.2, -0.15) is 0 Å². The first kappa shape index (κ1) is 25.7. The molecule has 2 saturated heterocycles. The van der Waals surface area contributed by atoms with Gasteiger partial charge in [0, 0.05) is 25.2 Å². The van der Waals surface area contributed by atoms with Crippen LogP contribution in [-0.4, -0.2) is 59.4 Å². The number of carbonyl (C=O) groups excluding carboxylic acids is 3. The Morgan fingerprint density at radius 1 is 0.972 bits per heavy atom. The summed E-state index contributed by atoms with van der Waals surface area (Å²) in [5.41, 5.74) is 1.16. The number of piperidine rings is 1. The number of amides is 3. The number of benzene rings is 2. The summed E-state index contributed by atoms with van der Waals surface area (Å²) in [7, 11) is 0. The molecule has 2 aliphatic heterocycles. The van der Waals surface area contributed by atoms with Gasteiger partial charge in [-0.15, -0.1) is 0 Å². The van der Waals surface area contributed by atoms with Crippen LogP contribution in [0.4, 0.5) is 5.69 Å². The third-order valence-corrected chi connectivity index (χ3v) is 7.22. The van der Waals surface area contributed by atoms with Crippen molar-refractivity contribution in [2.45, 2.75) is 58.5 Å². The van der Waals surface area contributed by atoms with E-state index in [1.54, 1.807) is 4.90 Å². The van der Waals surface area contributed by atoms with Gasteiger partial charge in [0.15, 0.2) is 0 Å². The molecule has 2 aromatic carbocycles. The Hall–Kier alpha value is -3.35. The first-order valence-corrected chi connectivity index (χ1v) is 12.8. The van der Waals surface area contributed by atoms with Crippen LogP contribution in [0.25, 0.3) is 0 Å². The van der Waals surface area contributed by atoms with Crippen LogP contribution in [-0.2, 0) is 14.4 Å². The number of rotatable bonds is 6. The molecule has 4 rings (SSSR count). The Morgan fingerprint density at radius 2 is 1.56 bits per heavy atom. The van der Waals surface area contributed by atoms with E-state index in [1.165, 1.54) is 0 Å². The zero-order chi connectivity index (χ0) is 25.9. The van der Waals surface area contributed by atoms with Gasteiger partial charge in [-0.1, -0.05) is 69.3 Å². The normalized spacial score (nSPS) is 18.4. The summed E-state index contributed by atoms with van der Waals surface area (Å²) >= 11 is 0. The van der Waals surface area contributed by atoms with Crippen LogP contribution in [0.5, 0.6) is 0 Å². The van der Waals surface area contributed by atoms with Gasteiger partial charge < -0.3 is 20.0 Å². The molecule has 1 N–H and O–H groups in total. The number of carbonyl (C=O) groups is 3. The molecule has 0 saturated carbocycles. The SMILES string of the molecule is C[C@H](NC(=O)CN1CN(c2ccccc2)C2(CCN(C(=O)CC(C)(C)C)CC2)C1=O)c1ccccc1. The number of hydrogen-bond donors (Lipinski definition) is 1. The molecule has 2 fully saturated rings. The Balaban J connectivity index is 1.48. The van der Waals surface area contributed by atoms with E-state index in [0.29, 0.717) is 39.0 Å². The summed E-state index contributed by atoms with van der Waals surface area (Å²) < 4.78 is 0. The van der Waals surface area contributed by atoms with Crippen LogP contribution in [0.1, 0.15) is 58.6 Å². The van der Waals surface area contributed by atoms with Gasteiger partial charge in [-0.25, -0.2) is 0 Å². The second-order valence-electron chi connectivity index (χ2n) is 11.3. The van der Waals surface area contributed by atoms with E-state index < -0.39 is 5.54 Å². The summed E-state index contributed by atoms with van der Waals surface area (Å²) in [6.45, 7) is 9.57. The Kier molecular flexibility index (Phi) is 7.38. The van der Waals surface area contributed by atoms with Crippen LogP contribution in [0, 0.1) is 5.41 Å². The zero-order valence-electron chi connectivity index (χ0n) is 21.9. The predicted octanol–water partition coefficient (Wildman–Crippen LogP) is 3.97. The summed E-state index contributed by atoms with van der Waals surface area (Å²) in [5.74, 6) is -0.0699. The molecular formula is C29H38N4O3. The predicted molar refractivity (Wildman–Crippen MR) is 141 cm³/mol. The van der Waals surface area contributed by atoms with E-state index in [1.807, 2.05) is 72.5 Å². The second-order valence-corrected chi connectivity index (χ2v) is 11.3. The third kappa shape index (κ3) is 5.55. The molecule has 0 unspecified atom stereocenters. The van der Waals surface area contributed by atoms with Crippen molar-refractivity contribution in [3.05, 3.63) is 66.2 Å². The zero-order valence-corrected chi connectivity index (χ0v) is 21.9. The molecule has 0 bridgehead atoms. The maximum Gasteiger partial charge on any atom is 0.250 e. The molecule has 7 nitrogen and oxygen atoms in total. The maximum atomic E-state index is 13.9. The van der Waals surface area contributed by atoms with Gasteiger partial charge in [-0.3, -0.25) is 14.4 Å². The van der Waals surface area contributed by atoms with Crippen molar-refractivity contribution in [3.63, 3.8) is 0 Å². The number of para-hydroxylation sites is 1. The fourth-order valence-corrected chi connectivity index (χ4v) is 5.30. The fraction of sp³-hybridized carbons (Fsp3) is 0.483. The minimum absolute atomic E-state index is 0.00770. The van der Waals surface area contributed by atoms with Crippen molar-refractivity contribution in [2.75, 3.05) is 31.2 Å². The van der Waals surface area contributed by atoms with E-state index in [0.717, 1.165) is 11.3 Å². The average Bonchev–Trinajstić information content (AvgIpc) is 3.10. The van der Waals surface area contributed by atoms with Gasteiger partial charge in [0.05, 0.1) is 12.7 Å². The number of hydrogen-bond acceptors (Lipinski definition) is 4. The second kappa shape index (κ2) is 10.3. The molecule has 3 amide bonds. The van der Waals surface area contributed by atoms with Crippen LogP contribution < -0.4 is 10.2 Å². The summed E-state index contributed by atoms with van der Waals surface area (Å²) in [4.78, 5) is 45.3. The van der Waals surface area contributed by atoms with Crippen molar-refractivity contribution in [1.82, 2.24) is 15.1 Å². The molecule has 2 heterocycles. The largest absolute Gasteiger partial charge is 0.348 e. The average molecular weight is 491 g/mol. The van der Waals surface area contributed by atoms with Gasteiger partial charge in [0.25, 0.3) is 5.91 Å². The van der Waals surface area contributed by atoms with E-state index in [4.69, 9.17) is 0 Å². The van der Waals surface area contributed by atoms with Crippen LogP contribution >= 0.6 is 0 Å². The van der Waals surface area contributed by atoms with Gasteiger partial charge in [0.2, 0.25) is 11.8 Å². The van der Waals surface area contributed by atoms with Crippen molar-refractivity contribution in [3.8, 4) is 0 Å². The molecule has 192 valence electrons. The minimum Gasteiger partial charge on any atom is -0.348 e. The van der Waals surface area contributed by atoms with E-state index in [2.05, 4.69) is 31.0 Å². The van der Waals surface area contributed by atoms with Crippen molar-refractivity contribution < 1.29 is 14.4 Å². The summed E-state index contributed by atoms with van der Waals surface area (Å²) in [6, 6.07) is 19.6. The lowest BCUT2D eigenvalue weighted by Crippen LogP contribution is -2.57. The van der Waals surface area contributed by atoms with Gasteiger partial charge in [-0.05, 0) is 42.9 Å². The number of nitrogens with one attached hydrogen (secondary N) is 1. The quantitative estimate of drug-likeness (QED) is 0.665. The van der Waals surface area contributed by atoms with E-state index >= 15 is 0 Å². The lowest BCUT2D eigenvalue weighted by molar-refractivity contribution is -0.140. The maximum absolute atomic E-state index is 13.9. The lowest BCUT2D eigenvalue weighted by Gasteiger charge is -2.43. The molecule has 1 spiro atoms. The van der Waals surface area contributed by atoms with Crippen molar-refractivity contribution in [2.24, 2.45) is 5.41 Å². The summed E-state index contributed by atoms with van der Waals surface area (Å²) in [6.07, 6.45) is 1.59. The van der Waals surface area contributed by atoms with Crippen LogP contribution in [0.15, 0.2) is 60.7 Å². The number of nitrogens with zero attached hydrogens (tertiary/aromatic N) is 3. The third-order valence-electron chi connectivity index (χ3n) is 7.22. The molecule has 1 atom stereocenters. The molecule has 0 aliphatic carbocycles. The van der Waals surface area contributed by atoms with E-state index in [-0.39, 0.29) is 35.7 Å². The molecule has 2 aliphatic rings. The minimum atomic E-state index is -0.745. The molecule has 0 aromatic heterocycles. The topological polar surface area (TPSA) is 73.0 Å². The van der Waals surface area contributed by atoms with Crippen molar-refractivity contribution >= 4 is 23.4 Å². The highest BCUT2D eigenvalue weighted by Crippen LogP contribution is 2.39. The monoisotopic (exact) mass is 490 g/mol. The first-order chi connectivity index (χ1) is 17.1. The summed E-state index contributed by atoms with van der Waals surface area (Å²) in [5, 5.41) is 3.03. The standard InChI is InChI=1S/C29H38N4O3/c1-22(23-11-7-5-8-12-23)30-25(34)20-32-21-33(24-13-9-6-10-14-24)29(27(32)36)15-17-31(18-16-29)26(35)19-28(2,3)4/h5-14,22H,15-21H2,1-4H3,(H,30,34)/t22-/m0/s1. The number of anilines is 1. The van der Waals surface area contributed by atoms with Crippen LogP contribution in [0.2, 0.25) is 0 Å².